The predicted octanol–water partition coefficient (Wildman–Crippen LogP) is 1.64. The molecule has 0 aromatic carbocycles. The third-order valence-electron chi connectivity index (χ3n) is 1.62. The van der Waals surface area contributed by atoms with E-state index in [2.05, 4.69) is 15.2 Å². The zero-order valence-corrected chi connectivity index (χ0v) is 6.69. The van der Waals surface area contributed by atoms with Crippen LogP contribution in [0.4, 0.5) is 0 Å². The molecular weight excluding hydrogens is 178 g/mol. The topological polar surface area (TPSA) is 54.1 Å². The fraction of sp³-hybridized carbons (Fsp3) is 0.143. The lowest BCUT2D eigenvalue weighted by molar-refractivity contribution is -0.119. The highest BCUT2D eigenvalue weighted by Gasteiger charge is 2.24. The summed E-state index contributed by atoms with van der Waals surface area (Å²) < 4.78 is 0. The average Bonchev–Trinajstić information content (AvgIpc) is 2.04. The number of hydrogen-bond acceptors (Lipinski definition) is 3. The Kier molecular flexibility index (Phi) is 1.62. The molecule has 0 aliphatic carbocycles. The molecule has 0 bridgehead atoms. The van der Waals surface area contributed by atoms with Crippen LogP contribution in [0.15, 0.2) is 38.2 Å². The number of nitrogens with zero attached hydrogens (tertiary/aromatic N) is 3. The van der Waals surface area contributed by atoms with Crippen molar-refractivity contribution in [1.29, 1.82) is 0 Å². The summed E-state index contributed by atoms with van der Waals surface area (Å²) in [6, 6.07) is 0. The van der Waals surface area contributed by atoms with Gasteiger partial charge in [0.2, 0.25) is 0 Å². The second kappa shape index (κ2) is 2.64. The van der Waals surface area contributed by atoms with Crippen molar-refractivity contribution in [3.05, 3.63) is 23.0 Å². The van der Waals surface area contributed by atoms with Gasteiger partial charge in [-0.3, -0.25) is 4.79 Å². The number of halogens is 1. The highest BCUT2D eigenvalue weighted by Crippen LogP contribution is 2.24. The van der Waals surface area contributed by atoms with Gasteiger partial charge in [-0.25, -0.2) is 4.99 Å². The van der Waals surface area contributed by atoms with Crippen LogP contribution in [0.3, 0.4) is 0 Å². The van der Waals surface area contributed by atoms with E-state index in [4.69, 9.17) is 11.6 Å². The van der Waals surface area contributed by atoms with Crippen LogP contribution in [0.1, 0.15) is 0 Å². The lowest BCUT2D eigenvalue weighted by atomic mass is 9.98. The monoisotopic (exact) mass is 181 g/mol. The number of allylic oxidation sites excluding steroid dienone is 1. The Morgan fingerprint density at radius 1 is 1.50 bits per heavy atom. The summed E-state index contributed by atoms with van der Waals surface area (Å²) >= 11 is 5.62. The largest absolute Gasteiger partial charge is 0.277 e. The molecule has 1 amide bonds. The normalized spacial score (nSPS) is 26.4. The molecule has 0 fully saturated rings. The highest BCUT2D eigenvalue weighted by atomic mass is 35.5. The Morgan fingerprint density at radius 3 is 3.17 bits per heavy atom. The molecule has 1 unspecified atom stereocenters. The van der Waals surface area contributed by atoms with Gasteiger partial charge < -0.3 is 0 Å². The second-order valence-electron chi connectivity index (χ2n) is 2.41. The minimum absolute atomic E-state index is 0.295. The van der Waals surface area contributed by atoms with Gasteiger partial charge in [0.05, 0.1) is 6.20 Å². The summed E-state index contributed by atoms with van der Waals surface area (Å²) in [5.74, 6) is -0.679. The summed E-state index contributed by atoms with van der Waals surface area (Å²) in [5.41, 5.74) is 0.745. The Hall–Kier alpha value is -1.29. The summed E-state index contributed by atoms with van der Waals surface area (Å²) in [6.07, 6.45) is 4.61. The quantitative estimate of drug-likeness (QED) is 0.524. The van der Waals surface area contributed by atoms with Crippen molar-refractivity contribution in [1.82, 2.24) is 0 Å². The van der Waals surface area contributed by atoms with Gasteiger partial charge in [-0.2, -0.15) is 5.11 Å². The van der Waals surface area contributed by atoms with E-state index < -0.39 is 0 Å². The fourth-order valence-electron chi connectivity index (χ4n) is 1.03. The zero-order chi connectivity index (χ0) is 8.55. The first-order valence-electron chi connectivity index (χ1n) is 3.33. The maximum Gasteiger partial charge on any atom is 0.277 e. The molecule has 2 rings (SSSR count). The third-order valence-corrected chi connectivity index (χ3v) is 1.83. The summed E-state index contributed by atoms with van der Waals surface area (Å²) in [6.45, 7) is 0. The number of azo groups is 1. The molecule has 0 aromatic rings. The maximum atomic E-state index is 11.1. The standard InChI is InChI=1S/C7H4ClN3O/c8-6-1-4-2-10-11-7(12)5(4)3-9-6/h1-3,5H. The smallest absolute Gasteiger partial charge is 0.270 e. The lowest BCUT2D eigenvalue weighted by Crippen LogP contribution is -2.19. The molecule has 0 radical (unpaired) electrons. The van der Waals surface area contributed by atoms with E-state index in [9.17, 15) is 4.79 Å². The number of amides is 1. The van der Waals surface area contributed by atoms with E-state index in [1.54, 1.807) is 6.08 Å². The number of hydrogen-bond donors (Lipinski definition) is 0. The van der Waals surface area contributed by atoms with Gasteiger partial charge in [0.15, 0.2) is 0 Å². The Morgan fingerprint density at radius 2 is 2.33 bits per heavy atom. The van der Waals surface area contributed by atoms with Gasteiger partial charge in [0, 0.05) is 6.21 Å². The Bertz CT molecular complexity index is 354. The van der Waals surface area contributed by atoms with E-state index in [-0.39, 0.29) is 11.8 Å². The molecule has 0 aromatic heterocycles. The van der Waals surface area contributed by atoms with Crippen LogP contribution in [0, 0.1) is 5.92 Å². The molecule has 0 N–H and O–H groups in total. The van der Waals surface area contributed by atoms with E-state index in [0.29, 0.717) is 5.16 Å². The molecule has 5 heteroatoms. The van der Waals surface area contributed by atoms with Gasteiger partial charge in [0.25, 0.3) is 5.91 Å². The molecule has 0 spiro atoms. The van der Waals surface area contributed by atoms with Crippen LogP contribution in [0.2, 0.25) is 0 Å². The molecule has 2 aliphatic heterocycles. The molecule has 60 valence electrons. The Labute approximate surface area is 73.3 Å². The molecule has 4 nitrogen and oxygen atoms in total. The van der Waals surface area contributed by atoms with Gasteiger partial charge in [-0.05, 0) is 11.6 Å². The second-order valence-corrected chi connectivity index (χ2v) is 2.79. The number of carbonyl (C=O) groups is 1. The minimum Gasteiger partial charge on any atom is -0.270 e. The number of carbonyl (C=O) groups excluding carboxylic acids is 1. The molecular formula is C7H4ClN3O. The minimum atomic E-state index is -0.384. The first kappa shape index (κ1) is 7.36. The van der Waals surface area contributed by atoms with Crippen molar-refractivity contribution in [2.24, 2.45) is 21.1 Å². The van der Waals surface area contributed by atoms with Crippen molar-refractivity contribution in [3.63, 3.8) is 0 Å². The van der Waals surface area contributed by atoms with E-state index in [1.165, 1.54) is 12.4 Å². The molecule has 2 aliphatic rings. The molecule has 2 heterocycles. The van der Waals surface area contributed by atoms with Crippen LogP contribution < -0.4 is 0 Å². The van der Waals surface area contributed by atoms with E-state index in [0.717, 1.165) is 5.57 Å². The maximum absolute atomic E-state index is 11.1. The van der Waals surface area contributed by atoms with Crippen molar-refractivity contribution >= 4 is 23.7 Å². The predicted molar refractivity (Wildman–Crippen MR) is 43.9 cm³/mol. The van der Waals surface area contributed by atoms with Crippen LogP contribution in [-0.2, 0) is 4.79 Å². The van der Waals surface area contributed by atoms with Crippen LogP contribution in [0.5, 0.6) is 0 Å². The average molecular weight is 182 g/mol. The summed E-state index contributed by atoms with van der Waals surface area (Å²) in [7, 11) is 0. The highest BCUT2D eigenvalue weighted by molar-refractivity contribution is 6.30. The van der Waals surface area contributed by atoms with Crippen LogP contribution >= 0.6 is 11.6 Å². The molecule has 1 atom stereocenters. The fourth-order valence-corrected chi connectivity index (χ4v) is 1.22. The van der Waals surface area contributed by atoms with Gasteiger partial charge >= 0.3 is 0 Å². The van der Waals surface area contributed by atoms with Gasteiger partial charge in [-0.15, -0.1) is 5.11 Å². The van der Waals surface area contributed by atoms with Crippen LogP contribution in [-0.4, -0.2) is 12.1 Å². The van der Waals surface area contributed by atoms with Crippen LogP contribution in [0.25, 0.3) is 0 Å². The van der Waals surface area contributed by atoms with Gasteiger partial charge in [0.1, 0.15) is 11.1 Å². The van der Waals surface area contributed by atoms with E-state index in [1.807, 2.05) is 0 Å². The van der Waals surface area contributed by atoms with Crippen molar-refractivity contribution in [3.8, 4) is 0 Å². The molecule has 0 saturated heterocycles. The number of aliphatic imine (C=N–C) groups is 1. The number of rotatable bonds is 0. The van der Waals surface area contributed by atoms with Crippen molar-refractivity contribution in [2.75, 3.05) is 0 Å². The van der Waals surface area contributed by atoms with E-state index >= 15 is 0 Å². The molecule has 0 saturated carbocycles. The SMILES string of the molecule is O=C1N=NC=C2C=C(Cl)N=CC12. The zero-order valence-electron chi connectivity index (χ0n) is 5.94. The summed E-state index contributed by atoms with van der Waals surface area (Å²) in [4.78, 5) is 14.9. The first-order valence-corrected chi connectivity index (χ1v) is 3.71. The lowest BCUT2D eigenvalue weighted by Gasteiger charge is -2.14. The Balaban J connectivity index is 2.43. The third kappa shape index (κ3) is 1.10. The van der Waals surface area contributed by atoms with Gasteiger partial charge in [-0.1, -0.05) is 11.6 Å². The first-order chi connectivity index (χ1) is 5.77. The van der Waals surface area contributed by atoms with Crippen molar-refractivity contribution < 1.29 is 4.79 Å². The summed E-state index contributed by atoms with van der Waals surface area (Å²) in [5, 5.41) is 7.27. The van der Waals surface area contributed by atoms with Crippen molar-refractivity contribution in [2.45, 2.75) is 0 Å². The molecule has 12 heavy (non-hydrogen) atoms. The number of fused-ring (bicyclic) bond motifs is 1.